The zero-order valence-corrected chi connectivity index (χ0v) is 43.1. The van der Waals surface area contributed by atoms with Gasteiger partial charge in [0.2, 0.25) is 0 Å². The highest BCUT2D eigenvalue weighted by molar-refractivity contribution is 5.69. The Kier molecular flexibility index (Phi) is 19.9. The van der Waals surface area contributed by atoms with E-state index < -0.39 is 11.2 Å². The third kappa shape index (κ3) is 13.6. The van der Waals surface area contributed by atoms with Gasteiger partial charge in [-0.3, -0.25) is 4.79 Å². The first-order valence-corrected chi connectivity index (χ1v) is 26.0. The number of phenols is 1. The van der Waals surface area contributed by atoms with E-state index in [4.69, 9.17) is 9.47 Å². The quantitative estimate of drug-likeness (QED) is 0.0589. The van der Waals surface area contributed by atoms with E-state index in [-0.39, 0.29) is 16.8 Å². The minimum atomic E-state index is -0.829. The van der Waals surface area contributed by atoms with Crippen molar-refractivity contribution in [2.75, 3.05) is 13.2 Å². The highest BCUT2D eigenvalue weighted by atomic mass is 16.5. The van der Waals surface area contributed by atoms with Crippen LogP contribution in [0.3, 0.4) is 0 Å². The monoisotopic (exact) mass is 923 g/mol. The first-order valence-electron chi connectivity index (χ1n) is 26.0. The van der Waals surface area contributed by atoms with Crippen LogP contribution in [0.4, 0.5) is 0 Å². The Morgan fingerprint density at radius 1 is 0.559 bits per heavy atom. The summed E-state index contributed by atoms with van der Waals surface area (Å²) in [5.74, 6) is 14.1. The summed E-state index contributed by atoms with van der Waals surface area (Å²) in [7, 11) is 0. The number of carbonyl (C=O) groups is 1. The SMILES string of the molecule is CCC(CC)(c1ccc(O)c(C)c1)c1ccc(C#CC2(O)CCCCC2)c(C)c1.CCOC(=O)CCCCCOc1ccc(C(CC)(CC)c2ccc(C#CC3(O)CCCCC3)c(C)c2)cc1C. The fourth-order valence-corrected chi connectivity index (χ4v) is 10.6. The Hall–Kier alpha value is -5.01. The molecule has 0 amide bonds. The molecule has 2 aliphatic carbocycles. The Bertz CT molecular complexity index is 2400. The predicted molar refractivity (Wildman–Crippen MR) is 280 cm³/mol. The van der Waals surface area contributed by atoms with Gasteiger partial charge in [-0.25, -0.2) is 0 Å². The average Bonchev–Trinajstić information content (AvgIpc) is 3.33. The van der Waals surface area contributed by atoms with Crippen LogP contribution in [-0.4, -0.2) is 45.7 Å². The third-order valence-corrected chi connectivity index (χ3v) is 15.3. The molecule has 3 N–H and O–H groups in total. The molecule has 0 spiro atoms. The van der Waals surface area contributed by atoms with Gasteiger partial charge in [0, 0.05) is 28.4 Å². The number of rotatable bonds is 16. The number of ether oxygens (including phenoxy) is 2. The van der Waals surface area contributed by atoms with Crippen LogP contribution in [0.2, 0.25) is 0 Å². The molecule has 2 saturated carbocycles. The first kappa shape index (κ1) is 53.9. The highest BCUT2D eigenvalue weighted by Gasteiger charge is 2.33. The summed E-state index contributed by atoms with van der Waals surface area (Å²) in [5, 5.41) is 31.5. The summed E-state index contributed by atoms with van der Waals surface area (Å²) in [5.41, 5.74) is 9.68. The predicted octanol–water partition coefficient (Wildman–Crippen LogP) is 14.1. The van der Waals surface area contributed by atoms with Crippen molar-refractivity contribution in [2.24, 2.45) is 0 Å². The van der Waals surface area contributed by atoms with Gasteiger partial charge in [-0.15, -0.1) is 0 Å². The molecule has 6 rings (SSSR count). The van der Waals surface area contributed by atoms with Gasteiger partial charge < -0.3 is 24.8 Å². The Labute approximate surface area is 410 Å². The lowest BCUT2D eigenvalue weighted by Crippen LogP contribution is -2.29. The number of esters is 1. The summed E-state index contributed by atoms with van der Waals surface area (Å²) in [6.07, 6.45) is 16.9. The highest BCUT2D eigenvalue weighted by Crippen LogP contribution is 2.42. The number of aromatic hydroxyl groups is 1. The van der Waals surface area contributed by atoms with Crippen molar-refractivity contribution in [2.45, 2.75) is 200 Å². The largest absolute Gasteiger partial charge is 0.508 e. The summed E-state index contributed by atoms with van der Waals surface area (Å²) in [4.78, 5) is 11.5. The number of aliphatic hydroxyl groups is 2. The first-order chi connectivity index (χ1) is 32.6. The lowest BCUT2D eigenvalue weighted by Gasteiger charge is -2.34. The third-order valence-electron chi connectivity index (χ3n) is 15.3. The standard InChI is InChI=1S/C35H48O4.C27H34O2/c1-6-35(7-2,30-17-16-29(27(4)25-30)20-23-34(37)21-12-10-13-22-34)31-18-19-32(28(5)26-31)39-24-14-9-11-15-33(36)38-8-3;1-5-27(6-2,24-12-13-25(28)21(4)19-24)23-11-10-22(20(3)18-23)14-17-26(29)15-8-7-9-16-26/h16-19,25-26,37H,6-15,21-22,24H2,1-5H3;10-13,18-19,28-29H,5-9,15-16H2,1-4H3. The van der Waals surface area contributed by atoms with E-state index in [0.29, 0.717) is 25.4 Å². The molecule has 0 unspecified atom stereocenters. The summed E-state index contributed by atoms with van der Waals surface area (Å²) >= 11 is 0. The molecule has 4 aromatic carbocycles. The van der Waals surface area contributed by atoms with Crippen molar-refractivity contribution in [3.63, 3.8) is 0 Å². The molecule has 6 heteroatoms. The average molecular weight is 923 g/mol. The fourth-order valence-electron chi connectivity index (χ4n) is 10.6. The second-order valence-electron chi connectivity index (χ2n) is 19.8. The lowest BCUT2D eigenvalue weighted by molar-refractivity contribution is -0.143. The van der Waals surface area contributed by atoms with Crippen LogP contribution < -0.4 is 4.74 Å². The number of unbranched alkanes of at least 4 members (excludes halogenated alkanes) is 2. The lowest BCUT2D eigenvalue weighted by atomic mass is 9.70. The zero-order chi connectivity index (χ0) is 49.4. The van der Waals surface area contributed by atoms with Gasteiger partial charge in [0.25, 0.3) is 0 Å². The number of benzene rings is 4. The zero-order valence-electron chi connectivity index (χ0n) is 43.1. The van der Waals surface area contributed by atoms with Gasteiger partial charge in [-0.2, -0.15) is 0 Å². The molecule has 0 aliphatic heterocycles. The number of hydrogen-bond acceptors (Lipinski definition) is 6. The number of phenolic OH excluding ortho intramolecular Hbond substituents is 1. The maximum Gasteiger partial charge on any atom is 0.305 e. The minimum absolute atomic E-state index is 0.0866. The molecular formula is C62H82O6. The second kappa shape index (κ2) is 25.0. The molecule has 2 aliphatic rings. The van der Waals surface area contributed by atoms with Gasteiger partial charge >= 0.3 is 5.97 Å². The molecule has 366 valence electrons. The molecular weight excluding hydrogens is 841 g/mol. The Morgan fingerprint density at radius 3 is 1.40 bits per heavy atom. The Morgan fingerprint density at radius 2 is 0.985 bits per heavy atom. The smallest absolute Gasteiger partial charge is 0.305 e. The van der Waals surface area contributed by atoms with Crippen molar-refractivity contribution >= 4 is 5.97 Å². The van der Waals surface area contributed by atoms with Crippen molar-refractivity contribution < 1.29 is 29.6 Å². The molecule has 0 bridgehead atoms. The van der Waals surface area contributed by atoms with Crippen molar-refractivity contribution in [3.05, 3.63) is 128 Å². The Balaban J connectivity index is 0.000000265. The van der Waals surface area contributed by atoms with Crippen LogP contribution in [0.1, 0.15) is 206 Å². The second-order valence-corrected chi connectivity index (χ2v) is 19.8. The van der Waals surface area contributed by atoms with Crippen LogP contribution in [0.25, 0.3) is 0 Å². The molecule has 6 nitrogen and oxygen atoms in total. The van der Waals surface area contributed by atoms with Gasteiger partial charge in [-0.05, 0) is 200 Å². The van der Waals surface area contributed by atoms with Crippen molar-refractivity contribution in [1.82, 2.24) is 0 Å². The summed E-state index contributed by atoms with van der Waals surface area (Å²) < 4.78 is 11.1. The normalized spacial score (nSPS) is 15.4. The van der Waals surface area contributed by atoms with E-state index in [1.54, 1.807) is 0 Å². The number of carbonyl (C=O) groups excluding carboxylic acids is 1. The maximum absolute atomic E-state index is 11.5. The van der Waals surface area contributed by atoms with Gasteiger partial charge in [-0.1, -0.05) is 113 Å². The minimum Gasteiger partial charge on any atom is -0.508 e. The van der Waals surface area contributed by atoms with Gasteiger partial charge in [0.1, 0.15) is 22.7 Å². The number of aryl methyl sites for hydroxylation is 4. The molecule has 0 aromatic heterocycles. The maximum atomic E-state index is 11.5. The van der Waals surface area contributed by atoms with Gasteiger partial charge in [0.15, 0.2) is 0 Å². The van der Waals surface area contributed by atoms with E-state index >= 15 is 0 Å². The van der Waals surface area contributed by atoms with Gasteiger partial charge in [0.05, 0.1) is 13.2 Å². The van der Waals surface area contributed by atoms with E-state index in [1.165, 1.54) is 35.1 Å². The van der Waals surface area contributed by atoms with Crippen LogP contribution in [0, 0.1) is 51.4 Å². The van der Waals surface area contributed by atoms with E-state index in [1.807, 2.05) is 19.9 Å². The summed E-state index contributed by atoms with van der Waals surface area (Å²) in [6, 6.07) is 25.8. The van der Waals surface area contributed by atoms with Crippen molar-refractivity contribution in [3.8, 4) is 35.2 Å². The van der Waals surface area contributed by atoms with Crippen molar-refractivity contribution in [1.29, 1.82) is 0 Å². The molecule has 0 atom stereocenters. The molecule has 2 fully saturated rings. The molecule has 4 aromatic rings. The molecule has 0 heterocycles. The van der Waals surface area contributed by atoms with Crippen LogP contribution in [0.5, 0.6) is 11.5 Å². The summed E-state index contributed by atoms with van der Waals surface area (Å²) in [6.45, 7) is 20.2. The molecule has 0 saturated heterocycles. The topological polar surface area (TPSA) is 96.2 Å². The van der Waals surface area contributed by atoms with E-state index in [9.17, 15) is 20.1 Å². The van der Waals surface area contributed by atoms with Crippen LogP contribution in [-0.2, 0) is 20.4 Å². The molecule has 68 heavy (non-hydrogen) atoms. The number of hydrogen-bond donors (Lipinski definition) is 3. The van der Waals surface area contributed by atoms with E-state index in [0.717, 1.165) is 135 Å². The van der Waals surface area contributed by atoms with Crippen LogP contribution >= 0.6 is 0 Å². The molecule has 0 radical (unpaired) electrons. The fraction of sp³-hybridized carbons (Fsp3) is 0.532. The van der Waals surface area contributed by atoms with Crippen LogP contribution in [0.15, 0.2) is 72.8 Å². The van der Waals surface area contributed by atoms with E-state index in [2.05, 4.69) is 139 Å².